The van der Waals surface area contributed by atoms with E-state index in [-0.39, 0.29) is 15.6 Å². The van der Waals surface area contributed by atoms with E-state index in [2.05, 4.69) is 10.3 Å². The molecule has 1 aromatic carbocycles. The molecule has 1 N–H and O–H groups in total. The van der Waals surface area contributed by atoms with Crippen LogP contribution in [-0.2, 0) is 10.0 Å². The second-order valence-electron chi connectivity index (χ2n) is 6.36. The van der Waals surface area contributed by atoms with Gasteiger partial charge >= 0.3 is 0 Å². The second kappa shape index (κ2) is 8.89. The number of benzene rings is 1. The molecule has 1 aromatic heterocycles. The number of nitrogens with zero attached hydrogens (tertiary/aromatic N) is 2. The van der Waals surface area contributed by atoms with E-state index in [4.69, 9.17) is 16.3 Å². The van der Waals surface area contributed by atoms with Gasteiger partial charge in [-0.2, -0.15) is 4.31 Å². The zero-order chi connectivity index (χ0) is 20.1. The Morgan fingerprint density at radius 1 is 1.14 bits per heavy atom. The minimum Gasteiger partial charge on any atom is -0.478 e. The van der Waals surface area contributed by atoms with Gasteiger partial charge in [0.25, 0.3) is 5.91 Å². The lowest BCUT2D eigenvalue weighted by atomic mass is 10.2. The highest BCUT2D eigenvalue weighted by atomic mass is 35.5. The quantitative estimate of drug-likeness (QED) is 0.767. The van der Waals surface area contributed by atoms with E-state index in [1.165, 1.54) is 16.4 Å². The van der Waals surface area contributed by atoms with Crippen molar-refractivity contribution in [2.24, 2.45) is 0 Å². The minimum absolute atomic E-state index is 0.0395. The first kappa shape index (κ1) is 20.6. The third kappa shape index (κ3) is 4.63. The smallest absolute Gasteiger partial charge is 0.275 e. The fourth-order valence-corrected chi connectivity index (χ4v) is 4.67. The molecule has 28 heavy (non-hydrogen) atoms. The molecule has 0 unspecified atom stereocenters. The van der Waals surface area contributed by atoms with Crippen LogP contribution in [-0.4, -0.2) is 43.3 Å². The van der Waals surface area contributed by atoms with Gasteiger partial charge in [-0.05, 0) is 50.1 Å². The Labute approximate surface area is 169 Å². The summed E-state index contributed by atoms with van der Waals surface area (Å²) in [7, 11) is -3.51. The van der Waals surface area contributed by atoms with Crippen molar-refractivity contribution in [3.8, 4) is 5.88 Å². The maximum Gasteiger partial charge on any atom is 0.275 e. The normalized spacial score (nSPS) is 15.2. The molecule has 0 aliphatic carbocycles. The molecule has 2 heterocycles. The second-order valence-corrected chi connectivity index (χ2v) is 8.70. The number of halogens is 1. The van der Waals surface area contributed by atoms with Crippen LogP contribution < -0.4 is 10.1 Å². The van der Waals surface area contributed by atoms with E-state index >= 15 is 0 Å². The molecule has 0 radical (unpaired) electrons. The van der Waals surface area contributed by atoms with Crippen molar-refractivity contribution < 1.29 is 17.9 Å². The molecule has 1 amide bonds. The zero-order valence-electron chi connectivity index (χ0n) is 15.5. The Hall–Kier alpha value is -2.16. The lowest BCUT2D eigenvalue weighted by molar-refractivity contribution is 0.102. The zero-order valence-corrected chi connectivity index (χ0v) is 17.1. The first-order chi connectivity index (χ1) is 13.4. The van der Waals surface area contributed by atoms with Gasteiger partial charge in [0.1, 0.15) is 0 Å². The third-order valence-electron chi connectivity index (χ3n) is 4.39. The van der Waals surface area contributed by atoms with Gasteiger partial charge in [-0.15, -0.1) is 0 Å². The molecular formula is C19H22ClN3O4S. The Morgan fingerprint density at radius 2 is 1.82 bits per heavy atom. The average molecular weight is 424 g/mol. The Balaban J connectivity index is 1.74. The Kier molecular flexibility index (Phi) is 6.53. The van der Waals surface area contributed by atoms with Crippen LogP contribution in [0.25, 0.3) is 0 Å². The molecule has 9 heteroatoms. The van der Waals surface area contributed by atoms with E-state index in [1.54, 1.807) is 24.3 Å². The molecule has 0 bridgehead atoms. The van der Waals surface area contributed by atoms with Crippen LogP contribution in [0.4, 0.5) is 5.69 Å². The fraction of sp³-hybridized carbons (Fsp3) is 0.368. The number of nitrogens with one attached hydrogen (secondary N) is 1. The number of aromatic nitrogens is 1. The standard InChI is InChI=1S/C19H22ClN3O4S/c1-2-27-17-11-10-16(20)18(22-17)19(24)21-14-6-8-15(9-7-14)28(25,26)23-12-4-3-5-13-23/h6-11H,2-5,12-13H2,1H3,(H,21,24). The molecule has 1 aliphatic heterocycles. The van der Waals surface area contributed by atoms with Crippen LogP contribution in [0, 0.1) is 0 Å². The van der Waals surface area contributed by atoms with E-state index in [0.29, 0.717) is 31.3 Å². The molecule has 2 aromatic rings. The van der Waals surface area contributed by atoms with Crippen molar-refractivity contribution in [3.63, 3.8) is 0 Å². The molecule has 150 valence electrons. The van der Waals surface area contributed by atoms with Crippen molar-refractivity contribution >= 4 is 33.2 Å². The number of hydrogen-bond donors (Lipinski definition) is 1. The highest BCUT2D eigenvalue weighted by Gasteiger charge is 2.25. The van der Waals surface area contributed by atoms with Crippen LogP contribution in [0.15, 0.2) is 41.3 Å². The van der Waals surface area contributed by atoms with Gasteiger partial charge in [-0.3, -0.25) is 4.79 Å². The number of carbonyl (C=O) groups is 1. The number of piperidine rings is 1. The number of carbonyl (C=O) groups excluding carboxylic acids is 1. The van der Waals surface area contributed by atoms with Crippen molar-refractivity contribution in [3.05, 3.63) is 47.1 Å². The summed E-state index contributed by atoms with van der Waals surface area (Å²) < 4.78 is 32.2. The number of pyridine rings is 1. The van der Waals surface area contributed by atoms with Crippen molar-refractivity contribution in [1.29, 1.82) is 0 Å². The van der Waals surface area contributed by atoms with Gasteiger partial charge in [0.05, 0.1) is 16.5 Å². The van der Waals surface area contributed by atoms with Crippen LogP contribution in [0.2, 0.25) is 5.02 Å². The first-order valence-corrected chi connectivity index (χ1v) is 10.9. The van der Waals surface area contributed by atoms with E-state index < -0.39 is 15.9 Å². The predicted octanol–water partition coefficient (Wildman–Crippen LogP) is 3.56. The average Bonchev–Trinajstić information content (AvgIpc) is 2.70. The summed E-state index contributed by atoms with van der Waals surface area (Å²) in [5.74, 6) is -0.196. The molecule has 1 fully saturated rings. The third-order valence-corrected chi connectivity index (χ3v) is 6.61. The largest absolute Gasteiger partial charge is 0.478 e. The van der Waals surface area contributed by atoms with Gasteiger partial charge < -0.3 is 10.1 Å². The number of hydrogen-bond acceptors (Lipinski definition) is 5. The van der Waals surface area contributed by atoms with Crippen molar-refractivity contribution in [2.75, 3.05) is 25.0 Å². The van der Waals surface area contributed by atoms with E-state index in [1.807, 2.05) is 6.92 Å². The van der Waals surface area contributed by atoms with Crippen LogP contribution in [0.1, 0.15) is 36.7 Å². The SMILES string of the molecule is CCOc1ccc(Cl)c(C(=O)Nc2ccc(S(=O)(=O)N3CCCCC3)cc2)n1. The van der Waals surface area contributed by atoms with Crippen LogP contribution >= 0.6 is 11.6 Å². The molecule has 3 rings (SSSR count). The van der Waals surface area contributed by atoms with Crippen LogP contribution in [0.5, 0.6) is 5.88 Å². The molecule has 1 aliphatic rings. The predicted molar refractivity (Wildman–Crippen MR) is 107 cm³/mol. The molecule has 7 nitrogen and oxygen atoms in total. The van der Waals surface area contributed by atoms with Crippen LogP contribution in [0.3, 0.4) is 0 Å². The maximum absolute atomic E-state index is 12.7. The summed E-state index contributed by atoms with van der Waals surface area (Å²) in [5, 5.41) is 2.88. The summed E-state index contributed by atoms with van der Waals surface area (Å²) in [6.07, 6.45) is 2.81. The van der Waals surface area contributed by atoms with Gasteiger partial charge in [-0.25, -0.2) is 13.4 Å². The Morgan fingerprint density at radius 3 is 2.46 bits per heavy atom. The fourth-order valence-electron chi connectivity index (χ4n) is 2.97. The topological polar surface area (TPSA) is 88.6 Å². The van der Waals surface area contributed by atoms with E-state index in [9.17, 15) is 13.2 Å². The van der Waals surface area contributed by atoms with Gasteiger partial charge in [0.15, 0.2) is 5.69 Å². The van der Waals surface area contributed by atoms with Crippen molar-refractivity contribution in [1.82, 2.24) is 9.29 Å². The summed E-state index contributed by atoms with van der Waals surface area (Å²) in [6, 6.07) is 9.21. The van der Waals surface area contributed by atoms with Gasteiger partial charge in [0, 0.05) is 24.8 Å². The molecule has 0 atom stereocenters. The molecular weight excluding hydrogens is 402 g/mol. The molecule has 1 saturated heterocycles. The summed E-state index contributed by atoms with van der Waals surface area (Å²) >= 11 is 6.06. The van der Waals surface area contributed by atoms with Crippen molar-refractivity contribution in [2.45, 2.75) is 31.1 Å². The highest BCUT2D eigenvalue weighted by Crippen LogP contribution is 2.23. The number of rotatable bonds is 6. The summed E-state index contributed by atoms with van der Waals surface area (Å²) in [5.41, 5.74) is 0.486. The van der Waals surface area contributed by atoms with Gasteiger partial charge in [0.2, 0.25) is 15.9 Å². The number of sulfonamides is 1. The molecule has 0 spiro atoms. The van der Waals surface area contributed by atoms with Gasteiger partial charge in [-0.1, -0.05) is 18.0 Å². The summed E-state index contributed by atoms with van der Waals surface area (Å²) in [6.45, 7) is 3.32. The lowest BCUT2D eigenvalue weighted by Crippen LogP contribution is -2.35. The molecule has 0 saturated carbocycles. The highest BCUT2D eigenvalue weighted by molar-refractivity contribution is 7.89. The minimum atomic E-state index is -3.51. The number of ether oxygens (including phenoxy) is 1. The first-order valence-electron chi connectivity index (χ1n) is 9.12. The Bertz CT molecular complexity index is 942. The number of amides is 1. The lowest BCUT2D eigenvalue weighted by Gasteiger charge is -2.25. The monoisotopic (exact) mass is 423 g/mol. The maximum atomic E-state index is 12.7. The van der Waals surface area contributed by atoms with E-state index in [0.717, 1.165) is 19.3 Å². The number of anilines is 1. The summed E-state index contributed by atoms with van der Waals surface area (Å²) in [4.78, 5) is 16.8.